The Morgan fingerprint density at radius 3 is 2.50 bits per heavy atom. The van der Waals surface area contributed by atoms with Crippen molar-refractivity contribution in [1.29, 1.82) is 0 Å². The van der Waals surface area contributed by atoms with Gasteiger partial charge in [-0.05, 0) is 0 Å². The van der Waals surface area contributed by atoms with Gasteiger partial charge in [-0.2, -0.15) is 5.01 Å². The molecule has 0 saturated carbocycles. The fraction of sp³-hybridized carbons (Fsp3) is 0.333. The third kappa shape index (κ3) is 1.88. The number of nitrogens with zero attached hydrogens (tertiary/aromatic N) is 1. The molecular weight excluding hydrogens is 164 g/mol. The van der Waals surface area contributed by atoms with E-state index in [4.69, 9.17) is 5.11 Å². The van der Waals surface area contributed by atoms with Gasteiger partial charge in [0.15, 0.2) is 0 Å². The van der Waals surface area contributed by atoms with Gasteiger partial charge in [0, 0.05) is 12.2 Å². The van der Waals surface area contributed by atoms with Gasteiger partial charge in [0.1, 0.15) is 0 Å². The number of carbonyl (C=O) groups is 2. The maximum absolute atomic E-state index is 10.8. The summed E-state index contributed by atoms with van der Waals surface area (Å²) in [6, 6.07) is 0. The van der Waals surface area contributed by atoms with E-state index in [1.54, 1.807) is 0 Å². The molecule has 0 aromatic rings. The van der Waals surface area contributed by atoms with Crippen LogP contribution in [-0.4, -0.2) is 35.1 Å². The summed E-state index contributed by atoms with van der Waals surface area (Å²) in [6.07, 6.45) is 2.25. The summed E-state index contributed by atoms with van der Waals surface area (Å²) in [6.45, 7) is -0.173. The van der Waals surface area contributed by atoms with Gasteiger partial charge in [-0.25, -0.2) is 0 Å². The minimum absolute atomic E-state index is 0.0110. The van der Waals surface area contributed by atoms with Crippen molar-refractivity contribution < 1.29 is 19.5 Å². The Kier molecular flexibility index (Phi) is 2.92. The number of imide groups is 1. The summed E-state index contributed by atoms with van der Waals surface area (Å²) in [5.74, 6) is -0.976. The summed E-state index contributed by atoms with van der Waals surface area (Å²) >= 11 is 0. The van der Waals surface area contributed by atoms with Gasteiger partial charge in [0.2, 0.25) is 0 Å². The Hall–Kier alpha value is -1.24. The summed E-state index contributed by atoms with van der Waals surface area (Å²) in [4.78, 5) is 26.1. The monoisotopic (exact) mass is 172 g/mol. The van der Waals surface area contributed by atoms with Gasteiger partial charge in [0.05, 0.1) is 13.2 Å². The molecule has 1 heterocycles. The molecule has 0 unspecified atom stereocenters. The van der Waals surface area contributed by atoms with Crippen molar-refractivity contribution in [3.05, 3.63) is 12.2 Å². The highest BCUT2D eigenvalue weighted by Gasteiger charge is 2.23. The summed E-state index contributed by atoms with van der Waals surface area (Å²) in [5.41, 5.74) is 2.09. The van der Waals surface area contributed by atoms with E-state index in [2.05, 4.69) is 10.4 Å². The molecule has 0 spiro atoms. The third-order valence-corrected chi connectivity index (χ3v) is 1.16. The molecule has 0 aromatic carbocycles. The molecule has 0 atom stereocenters. The summed E-state index contributed by atoms with van der Waals surface area (Å²) in [7, 11) is 0. The zero-order valence-corrected chi connectivity index (χ0v) is 6.19. The van der Waals surface area contributed by atoms with Crippen LogP contribution in [0.4, 0.5) is 0 Å². The Morgan fingerprint density at radius 2 is 2.00 bits per heavy atom. The third-order valence-electron chi connectivity index (χ3n) is 1.16. The molecule has 12 heavy (non-hydrogen) atoms. The van der Waals surface area contributed by atoms with Gasteiger partial charge in [-0.3, -0.25) is 14.4 Å². The maximum atomic E-state index is 10.8. The number of amides is 2. The molecule has 1 aliphatic heterocycles. The number of aliphatic hydroxyl groups is 1. The molecule has 6 nitrogen and oxygen atoms in total. The topological polar surface area (TPSA) is 78.9 Å². The van der Waals surface area contributed by atoms with Crippen molar-refractivity contribution in [3.8, 4) is 0 Å². The molecule has 2 amide bonds. The molecule has 0 aliphatic carbocycles. The number of rotatable bonds is 4. The fourth-order valence-corrected chi connectivity index (χ4v) is 0.646. The molecule has 2 N–H and O–H groups in total. The molecule has 6 heteroatoms. The lowest BCUT2D eigenvalue weighted by Gasteiger charge is -2.13. The first-order valence-electron chi connectivity index (χ1n) is 3.30. The van der Waals surface area contributed by atoms with Crippen LogP contribution in [0.15, 0.2) is 12.2 Å². The molecule has 0 saturated heterocycles. The van der Waals surface area contributed by atoms with E-state index in [9.17, 15) is 9.59 Å². The quantitative estimate of drug-likeness (QED) is 0.301. The number of hydrogen-bond acceptors (Lipinski definition) is 5. The van der Waals surface area contributed by atoms with Gasteiger partial charge < -0.3 is 5.11 Å². The molecule has 0 bridgehead atoms. The predicted molar refractivity (Wildman–Crippen MR) is 37.2 cm³/mol. The van der Waals surface area contributed by atoms with Gasteiger partial charge in [0.25, 0.3) is 11.8 Å². The normalized spacial score (nSPS) is 16.2. The van der Waals surface area contributed by atoms with Crippen LogP contribution in [0.5, 0.6) is 0 Å². The highest BCUT2D eigenvalue weighted by molar-refractivity contribution is 6.12. The van der Waals surface area contributed by atoms with E-state index >= 15 is 0 Å². The number of aliphatic hydroxyl groups excluding tert-OH is 1. The van der Waals surface area contributed by atoms with E-state index in [0.29, 0.717) is 5.01 Å². The minimum atomic E-state index is -0.488. The number of nitrogens with one attached hydrogen (secondary N) is 1. The first kappa shape index (κ1) is 8.85. The first-order chi connectivity index (χ1) is 5.75. The lowest BCUT2D eigenvalue weighted by Crippen LogP contribution is -2.42. The van der Waals surface area contributed by atoms with E-state index in [1.165, 1.54) is 0 Å². The highest BCUT2D eigenvalue weighted by atomic mass is 16.7. The second kappa shape index (κ2) is 3.96. The van der Waals surface area contributed by atoms with Crippen LogP contribution in [0.1, 0.15) is 0 Å². The van der Waals surface area contributed by atoms with Crippen LogP contribution >= 0.6 is 0 Å². The molecule has 0 radical (unpaired) electrons. The molecule has 1 rings (SSSR count). The van der Waals surface area contributed by atoms with E-state index < -0.39 is 11.8 Å². The molecular formula is C6H8N2O4. The standard InChI is InChI=1S/C6H8N2O4/c9-3-4-12-7-8-5(10)1-2-6(8)11/h1-2,7,9H,3-4H2. The van der Waals surface area contributed by atoms with Crippen LogP contribution in [-0.2, 0) is 14.4 Å². The average Bonchev–Trinajstić information content (AvgIpc) is 2.35. The van der Waals surface area contributed by atoms with Crippen LogP contribution < -0.4 is 5.59 Å². The Balaban J connectivity index is 2.33. The number of hydrogen-bond donors (Lipinski definition) is 2. The molecule has 0 aromatic heterocycles. The smallest absolute Gasteiger partial charge is 0.270 e. The molecule has 1 aliphatic rings. The zero-order chi connectivity index (χ0) is 8.97. The Morgan fingerprint density at radius 1 is 1.42 bits per heavy atom. The fourth-order valence-electron chi connectivity index (χ4n) is 0.646. The summed E-state index contributed by atoms with van der Waals surface area (Å²) < 4.78 is 0. The van der Waals surface area contributed by atoms with Crippen LogP contribution in [0, 0.1) is 0 Å². The minimum Gasteiger partial charge on any atom is -0.394 e. The van der Waals surface area contributed by atoms with Crippen LogP contribution in [0.3, 0.4) is 0 Å². The van der Waals surface area contributed by atoms with Crippen molar-refractivity contribution >= 4 is 11.8 Å². The van der Waals surface area contributed by atoms with Gasteiger partial charge in [-0.1, -0.05) is 0 Å². The van der Waals surface area contributed by atoms with Crippen molar-refractivity contribution in [2.45, 2.75) is 0 Å². The van der Waals surface area contributed by atoms with E-state index in [-0.39, 0.29) is 13.2 Å². The largest absolute Gasteiger partial charge is 0.394 e. The Bertz CT molecular complexity index is 208. The van der Waals surface area contributed by atoms with E-state index in [1.807, 2.05) is 0 Å². The van der Waals surface area contributed by atoms with Crippen molar-refractivity contribution in [2.75, 3.05) is 13.2 Å². The lowest BCUT2D eigenvalue weighted by molar-refractivity contribution is -0.158. The number of hydrazine groups is 1. The van der Waals surface area contributed by atoms with Crippen molar-refractivity contribution in [1.82, 2.24) is 10.6 Å². The second-order valence-electron chi connectivity index (χ2n) is 2.01. The van der Waals surface area contributed by atoms with Crippen molar-refractivity contribution in [3.63, 3.8) is 0 Å². The zero-order valence-electron chi connectivity index (χ0n) is 6.19. The van der Waals surface area contributed by atoms with Gasteiger partial charge >= 0.3 is 0 Å². The predicted octanol–water partition coefficient (Wildman–Crippen LogP) is -1.66. The average molecular weight is 172 g/mol. The van der Waals surface area contributed by atoms with Gasteiger partial charge in [-0.15, -0.1) is 5.59 Å². The SMILES string of the molecule is O=C1C=CC(=O)N1NOCCO. The second-order valence-corrected chi connectivity index (χ2v) is 2.01. The molecule has 0 fully saturated rings. The Labute approximate surface area is 68.3 Å². The lowest BCUT2D eigenvalue weighted by atomic mass is 10.6. The van der Waals surface area contributed by atoms with Crippen molar-refractivity contribution in [2.24, 2.45) is 0 Å². The first-order valence-corrected chi connectivity index (χ1v) is 3.30. The number of carbonyl (C=O) groups excluding carboxylic acids is 2. The van der Waals surface area contributed by atoms with Crippen LogP contribution in [0.25, 0.3) is 0 Å². The van der Waals surface area contributed by atoms with E-state index in [0.717, 1.165) is 12.2 Å². The highest BCUT2D eigenvalue weighted by Crippen LogP contribution is 1.98. The van der Waals surface area contributed by atoms with Crippen LogP contribution in [0.2, 0.25) is 0 Å². The summed E-state index contributed by atoms with van der Waals surface area (Å²) in [5, 5.41) is 9.01. The molecule has 66 valence electrons. The maximum Gasteiger partial charge on any atom is 0.270 e.